The molecule has 0 atom stereocenters. The van der Waals surface area contributed by atoms with Crippen molar-refractivity contribution in [1.29, 1.82) is 0 Å². The second-order valence-electron chi connectivity index (χ2n) is 10.00. The van der Waals surface area contributed by atoms with Gasteiger partial charge in [0.1, 0.15) is 0 Å². The molecule has 1 fully saturated rings. The number of ether oxygens (including phenoxy) is 2. The number of nitrogens with one attached hydrogen (secondary N) is 1. The van der Waals surface area contributed by atoms with Crippen LogP contribution in [0.15, 0.2) is 53.4 Å². The predicted octanol–water partition coefficient (Wildman–Crippen LogP) is 4.41. The van der Waals surface area contributed by atoms with E-state index in [2.05, 4.69) is 9.62 Å². The van der Waals surface area contributed by atoms with Crippen LogP contribution in [0, 0.1) is 27.7 Å². The second kappa shape index (κ2) is 10.3. The van der Waals surface area contributed by atoms with Crippen LogP contribution in [0.5, 0.6) is 11.5 Å². The molecule has 2 aliphatic rings. The third-order valence-electron chi connectivity index (χ3n) is 7.47. The molecule has 1 saturated heterocycles. The van der Waals surface area contributed by atoms with E-state index in [1.807, 2.05) is 52.0 Å². The number of aryl methyl sites for hydroxylation is 2. The van der Waals surface area contributed by atoms with E-state index in [-0.39, 0.29) is 17.6 Å². The van der Waals surface area contributed by atoms with Crippen molar-refractivity contribution in [2.75, 3.05) is 37.7 Å². The number of fused-ring (bicyclic) bond motifs is 1. The number of piperazine rings is 1. The van der Waals surface area contributed by atoms with Gasteiger partial charge in [0.05, 0.1) is 16.1 Å². The largest absolute Gasteiger partial charge is 0.454 e. The Kier molecular flexibility index (Phi) is 7.07. The standard InChI is InChI=1S/C29H33N3O5S/c1-19-15-20(2)22(4)28(21(19)3)38(34,35)30-25-8-6-5-7-24(25)29(33)32-13-11-31(12-14-32)17-23-9-10-26-27(16-23)37-18-36-26/h5-10,15-16,30H,11-14,17-18H2,1-4H3. The number of para-hydroxylation sites is 1. The van der Waals surface area contributed by atoms with Crippen LogP contribution >= 0.6 is 0 Å². The summed E-state index contributed by atoms with van der Waals surface area (Å²) in [4.78, 5) is 17.9. The predicted molar refractivity (Wildman–Crippen MR) is 146 cm³/mol. The smallest absolute Gasteiger partial charge is 0.262 e. The fraction of sp³-hybridized carbons (Fsp3) is 0.345. The van der Waals surface area contributed by atoms with Crippen LogP contribution in [0.25, 0.3) is 0 Å². The minimum absolute atomic E-state index is 0.181. The first-order valence-electron chi connectivity index (χ1n) is 12.7. The summed E-state index contributed by atoms with van der Waals surface area (Å²) in [5, 5.41) is 0. The van der Waals surface area contributed by atoms with Crippen LogP contribution < -0.4 is 14.2 Å². The molecule has 38 heavy (non-hydrogen) atoms. The molecule has 3 aromatic carbocycles. The first kappa shape index (κ1) is 26.1. The highest BCUT2D eigenvalue weighted by Gasteiger charge is 2.27. The van der Waals surface area contributed by atoms with Crippen molar-refractivity contribution < 1.29 is 22.7 Å². The number of nitrogens with zero attached hydrogens (tertiary/aromatic N) is 2. The Hall–Kier alpha value is -3.56. The number of hydrogen-bond donors (Lipinski definition) is 1. The summed E-state index contributed by atoms with van der Waals surface area (Å²) in [6.45, 7) is 11.0. The van der Waals surface area contributed by atoms with Gasteiger partial charge in [0.2, 0.25) is 6.79 Å². The van der Waals surface area contributed by atoms with Gasteiger partial charge in [0.15, 0.2) is 11.5 Å². The van der Waals surface area contributed by atoms with Crippen LogP contribution in [-0.2, 0) is 16.6 Å². The lowest BCUT2D eigenvalue weighted by Crippen LogP contribution is -2.48. The van der Waals surface area contributed by atoms with Gasteiger partial charge in [-0.2, -0.15) is 0 Å². The lowest BCUT2D eigenvalue weighted by atomic mass is 10.0. The highest BCUT2D eigenvalue weighted by atomic mass is 32.2. The summed E-state index contributed by atoms with van der Waals surface area (Å²) in [5.41, 5.74) is 5.02. The molecule has 2 aliphatic heterocycles. The molecule has 1 amide bonds. The number of carbonyl (C=O) groups excluding carboxylic acids is 1. The Morgan fingerprint density at radius 1 is 0.868 bits per heavy atom. The van der Waals surface area contributed by atoms with Gasteiger partial charge in [-0.25, -0.2) is 8.42 Å². The highest BCUT2D eigenvalue weighted by molar-refractivity contribution is 7.92. The van der Waals surface area contributed by atoms with Gasteiger partial charge in [-0.1, -0.05) is 24.3 Å². The fourth-order valence-electron chi connectivity index (χ4n) is 5.12. The second-order valence-corrected chi connectivity index (χ2v) is 11.6. The van der Waals surface area contributed by atoms with Crippen molar-refractivity contribution >= 4 is 21.6 Å². The van der Waals surface area contributed by atoms with E-state index >= 15 is 0 Å². The van der Waals surface area contributed by atoms with Crippen LogP contribution in [0.4, 0.5) is 5.69 Å². The van der Waals surface area contributed by atoms with Crippen LogP contribution in [0.3, 0.4) is 0 Å². The van der Waals surface area contributed by atoms with Crippen molar-refractivity contribution in [1.82, 2.24) is 9.80 Å². The highest BCUT2D eigenvalue weighted by Crippen LogP contribution is 2.33. The Morgan fingerprint density at radius 2 is 1.53 bits per heavy atom. The molecule has 8 nitrogen and oxygen atoms in total. The zero-order valence-electron chi connectivity index (χ0n) is 22.2. The van der Waals surface area contributed by atoms with Gasteiger partial charge in [0, 0.05) is 32.7 Å². The van der Waals surface area contributed by atoms with Gasteiger partial charge in [-0.05, 0) is 79.8 Å². The molecule has 0 aliphatic carbocycles. The summed E-state index contributed by atoms with van der Waals surface area (Å²) in [7, 11) is -3.90. The maximum atomic E-state index is 13.5. The number of sulfonamides is 1. The van der Waals surface area contributed by atoms with Gasteiger partial charge in [0.25, 0.3) is 15.9 Å². The molecule has 0 unspecified atom stereocenters. The van der Waals surface area contributed by atoms with E-state index < -0.39 is 10.0 Å². The number of rotatable bonds is 6. The van der Waals surface area contributed by atoms with Crippen molar-refractivity contribution in [3.05, 3.63) is 81.9 Å². The van der Waals surface area contributed by atoms with Crippen molar-refractivity contribution in [2.24, 2.45) is 0 Å². The molecule has 0 radical (unpaired) electrons. The van der Waals surface area contributed by atoms with Gasteiger partial charge in [-0.3, -0.25) is 14.4 Å². The van der Waals surface area contributed by atoms with Gasteiger partial charge < -0.3 is 14.4 Å². The van der Waals surface area contributed by atoms with E-state index in [4.69, 9.17) is 9.47 Å². The molecule has 0 bridgehead atoms. The van der Waals surface area contributed by atoms with Crippen LogP contribution in [0.2, 0.25) is 0 Å². The van der Waals surface area contributed by atoms with Crippen molar-refractivity contribution in [2.45, 2.75) is 39.1 Å². The minimum Gasteiger partial charge on any atom is -0.454 e. The minimum atomic E-state index is -3.90. The van der Waals surface area contributed by atoms with Crippen LogP contribution in [-0.4, -0.2) is 57.1 Å². The van der Waals surface area contributed by atoms with E-state index in [0.717, 1.165) is 47.8 Å². The zero-order valence-corrected chi connectivity index (χ0v) is 23.0. The number of hydrogen-bond acceptors (Lipinski definition) is 6. The van der Waals surface area contributed by atoms with Crippen LogP contribution in [0.1, 0.15) is 38.2 Å². The average molecular weight is 536 g/mol. The number of anilines is 1. The quantitative estimate of drug-likeness (QED) is 0.503. The summed E-state index contributed by atoms with van der Waals surface area (Å²) in [6, 6.07) is 14.8. The maximum Gasteiger partial charge on any atom is 0.262 e. The number of carbonyl (C=O) groups is 1. The van der Waals surface area contributed by atoms with Crippen molar-refractivity contribution in [3.8, 4) is 11.5 Å². The summed E-state index contributed by atoms with van der Waals surface area (Å²) in [5.74, 6) is 1.35. The normalized spacial score (nSPS) is 15.5. The Labute approximate surface area is 224 Å². The van der Waals surface area contributed by atoms with E-state index in [1.165, 1.54) is 0 Å². The molecule has 200 valence electrons. The van der Waals surface area contributed by atoms with E-state index in [0.29, 0.717) is 35.5 Å². The maximum absolute atomic E-state index is 13.5. The molecular weight excluding hydrogens is 502 g/mol. The molecular formula is C29H33N3O5S. The van der Waals surface area contributed by atoms with E-state index in [1.54, 1.807) is 29.2 Å². The lowest BCUT2D eigenvalue weighted by Gasteiger charge is -2.35. The number of amides is 1. The molecule has 9 heteroatoms. The third-order valence-corrected chi connectivity index (χ3v) is 9.11. The zero-order chi connectivity index (χ0) is 27.0. The van der Waals surface area contributed by atoms with E-state index in [9.17, 15) is 13.2 Å². The summed E-state index contributed by atoms with van der Waals surface area (Å²) in [6.07, 6.45) is 0. The summed E-state index contributed by atoms with van der Waals surface area (Å²) < 4.78 is 40.6. The van der Waals surface area contributed by atoms with Crippen molar-refractivity contribution in [3.63, 3.8) is 0 Å². The summed E-state index contributed by atoms with van der Waals surface area (Å²) >= 11 is 0. The van der Waals surface area contributed by atoms with Gasteiger partial charge in [-0.15, -0.1) is 0 Å². The monoisotopic (exact) mass is 535 g/mol. The van der Waals surface area contributed by atoms with Gasteiger partial charge >= 0.3 is 0 Å². The molecule has 5 rings (SSSR count). The Morgan fingerprint density at radius 3 is 2.24 bits per heavy atom. The molecule has 0 spiro atoms. The fourth-order valence-corrected chi connectivity index (χ4v) is 6.81. The molecule has 2 heterocycles. The lowest BCUT2D eigenvalue weighted by molar-refractivity contribution is 0.0629. The average Bonchev–Trinajstić information content (AvgIpc) is 3.36. The Balaban J connectivity index is 1.29. The molecule has 3 aromatic rings. The molecule has 0 aromatic heterocycles. The third kappa shape index (κ3) is 5.08. The first-order chi connectivity index (χ1) is 18.1. The SMILES string of the molecule is Cc1cc(C)c(C)c(S(=O)(=O)Nc2ccccc2C(=O)N2CCN(Cc3ccc4c(c3)OCO4)CC2)c1C. The molecule has 1 N–H and O–H groups in total. The molecule has 0 saturated carbocycles. The number of benzene rings is 3. The Bertz CT molecular complexity index is 1470. The topological polar surface area (TPSA) is 88.2 Å². The first-order valence-corrected chi connectivity index (χ1v) is 14.2.